The van der Waals surface area contributed by atoms with Gasteiger partial charge in [-0.3, -0.25) is 9.67 Å². The molecule has 8 heteroatoms. The Morgan fingerprint density at radius 3 is 2.67 bits per heavy atom. The van der Waals surface area contributed by atoms with Crippen molar-refractivity contribution in [1.29, 1.82) is 0 Å². The van der Waals surface area contributed by atoms with E-state index in [0.717, 1.165) is 35.4 Å². The van der Waals surface area contributed by atoms with Crippen LogP contribution in [0.25, 0.3) is 0 Å². The van der Waals surface area contributed by atoms with Crippen LogP contribution in [0.1, 0.15) is 35.4 Å². The van der Waals surface area contributed by atoms with Gasteiger partial charge in [-0.05, 0) is 44.2 Å². The summed E-state index contributed by atoms with van der Waals surface area (Å²) in [6.45, 7) is 6.23. The number of hydrogen-bond acceptors (Lipinski definition) is 4. The van der Waals surface area contributed by atoms with E-state index in [9.17, 15) is 0 Å². The summed E-state index contributed by atoms with van der Waals surface area (Å²) in [7, 11) is 3.74. The fourth-order valence-electron chi connectivity index (χ4n) is 2.78. The molecule has 0 aromatic carbocycles. The highest BCUT2D eigenvalue weighted by atomic mass is 127. The van der Waals surface area contributed by atoms with E-state index in [-0.39, 0.29) is 24.0 Å². The fourth-order valence-corrected chi connectivity index (χ4v) is 2.78. The molecule has 0 aliphatic heterocycles. The normalized spacial score (nSPS) is 13.9. The average Bonchev–Trinajstić information content (AvgIpc) is 3.43. The largest absolute Gasteiger partial charge is 0.477 e. The number of hydrogen-bond donors (Lipinski definition) is 2. The molecule has 2 aromatic heterocycles. The van der Waals surface area contributed by atoms with Gasteiger partial charge in [0, 0.05) is 50.7 Å². The number of halogens is 1. The molecule has 3 rings (SSSR count). The molecule has 2 heterocycles. The summed E-state index contributed by atoms with van der Waals surface area (Å²) in [5.74, 6) is 2.17. The van der Waals surface area contributed by atoms with Crippen LogP contribution in [0.5, 0.6) is 5.88 Å². The zero-order valence-electron chi connectivity index (χ0n) is 16.5. The summed E-state index contributed by atoms with van der Waals surface area (Å²) in [5, 5.41) is 11.1. The minimum atomic E-state index is 0. The Kier molecular flexibility index (Phi) is 7.88. The first-order chi connectivity index (χ1) is 12.6. The molecule has 0 atom stereocenters. The van der Waals surface area contributed by atoms with Gasteiger partial charge >= 0.3 is 0 Å². The van der Waals surface area contributed by atoms with Crippen molar-refractivity contribution in [2.45, 2.75) is 39.8 Å². The van der Waals surface area contributed by atoms with Crippen LogP contribution in [-0.4, -0.2) is 34.4 Å². The maximum Gasteiger partial charge on any atom is 0.213 e. The number of guanidine groups is 1. The maximum absolute atomic E-state index is 5.74. The van der Waals surface area contributed by atoms with Gasteiger partial charge in [0.25, 0.3) is 0 Å². The van der Waals surface area contributed by atoms with E-state index >= 15 is 0 Å². The highest BCUT2D eigenvalue weighted by Gasteiger charge is 2.22. The third-order valence-corrected chi connectivity index (χ3v) is 4.74. The van der Waals surface area contributed by atoms with Crippen molar-refractivity contribution in [2.75, 3.05) is 13.7 Å². The number of aryl methyl sites for hydroxylation is 2. The quantitative estimate of drug-likeness (QED) is 0.359. The van der Waals surface area contributed by atoms with Gasteiger partial charge in [-0.1, -0.05) is 0 Å². The molecule has 1 fully saturated rings. The smallest absolute Gasteiger partial charge is 0.213 e. The highest BCUT2D eigenvalue weighted by Crippen LogP contribution is 2.29. The number of aromatic nitrogens is 3. The molecule has 148 valence electrons. The Bertz CT molecular complexity index is 785. The molecule has 0 bridgehead atoms. The molecule has 7 nitrogen and oxygen atoms in total. The van der Waals surface area contributed by atoms with Gasteiger partial charge in [0.05, 0.1) is 12.3 Å². The van der Waals surface area contributed by atoms with Gasteiger partial charge in [-0.2, -0.15) is 5.10 Å². The van der Waals surface area contributed by atoms with Crippen molar-refractivity contribution < 1.29 is 4.74 Å². The van der Waals surface area contributed by atoms with E-state index in [4.69, 9.17) is 4.74 Å². The average molecular weight is 484 g/mol. The Hall–Kier alpha value is -1.84. The fraction of sp³-hybridized carbons (Fsp3) is 0.526. The molecule has 0 spiro atoms. The third-order valence-electron chi connectivity index (χ3n) is 4.74. The van der Waals surface area contributed by atoms with Crippen molar-refractivity contribution in [3.63, 3.8) is 0 Å². The van der Waals surface area contributed by atoms with E-state index in [1.54, 1.807) is 13.2 Å². The van der Waals surface area contributed by atoms with Crippen LogP contribution >= 0.6 is 24.0 Å². The van der Waals surface area contributed by atoms with Gasteiger partial charge < -0.3 is 15.4 Å². The van der Waals surface area contributed by atoms with Crippen LogP contribution in [-0.2, 0) is 20.1 Å². The van der Waals surface area contributed by atoms with E-state index in [0.29, 0.717) is 19.0 Å². The van der Waals surface area contributed by atoms with Crippen LogP contribution in [0, 0.1) is 19.8 Å². The molecule has 1 saturated carbocycles. The van der Waals surface area contributed by atoms with Crippen LogP contribution in [0.3, 0.4) is 0 Å². The molecular formula is C19H29IN6O. The van der Waals surface area contributed by atoms with Crippen molar-refractivity contribution in [3.05, 3.63) is 40.8 Å². The Balaban J connectivity index is 0.00000261. The second kappa shape index (κ2) is 9.91. The van der Waals surface area contributed by atoms with E-state index in [1.807, 2.05) is 30.8 Å². The monoisotopic (exact) mass is 484 g/mol. The summed E-state index contributed by atoms with van der Waals surface area (Å²) in [6, 6.07) is 3.97. The first-order valence-corrected chi connectivity index (χ1v) is 9.08. The lowest BCUT2D eigenvalue weighted by Gasteiger charge is -2.13. The maximum atomic E-state index is 5.74. The Morgan fingerprint density at radius 1 is 1.30 bits per heavy atom. The predicted octanol–water partition coefficient (Wildman–Crippen LogP) is 2.70. The summed E-state index contributed by atoms with van der Waals surface area (Å²) in [6.07, 6.45) is 4.34. The molecule has 2 N–H and O–H groups in total. The number of nitrogens with one attached hydrogen (secondary N) is 2. The second-order valence-corrected chi connectivity index (χ2v) is 6.81. The summed E-state index contributed by atoms with van der Waals surface area (Å²) in [5.41, 5.74) is 4.52. The lowest BCUT2D eigenvalue weighted by Crippen LogP contribution is -2.36. The molecule has 0 amide bonds. The van der Waals surface area contributed by atoms with E-state index in [1.165, 1.54) is 18.4 Å². The minimum Gasteiger partial charge on any atom is -0.477 e. The van der Waals surface area contributed by atoms with Gasteiger partial charge in [0.2, 0.25) is 5.88 Å². The lowest BCUT2D eigenvalue weighted by atomic mass is 10.2. The number of ether oxygens (including phenoxy) is 1. The standard InChI is InChI=1S/C19H28N6O.HI/c1-13-17(14(2)25(4)24-13)11-23-19(20-3)22-10-16-7-8-21-18(9-16)26-12-15-5-6-15;/h7-9,15H,5-6,10-12H2,1-4H3,(H2,20,22,23);1H. The molecule has 0 saturated heterocycles. The van der Waals surface area contributed by atoms with Crippen LogP contribution in [0.2, 0.25) is 0 Å². The molecule has 1 aliphatic carbocycles. The number of rotatable bonds is 7. The molecule has 0 unspecified atom stereocenters. The zero-order chi connectivity index (χ0) is 18.5. The second-order valence-electron chi connectivity index (χ2n) is 6.81. The Labute approximate surface area is 178 Å². The highest BCUT2D eigenvalue weighted by molar-refractivity contribution is 14.0. The minimum absolute atomic E-state index is 0. The lowest BCUT2D eigenvalue weighted by molar-refractivity contribution is 0.288. The summed E-state index contributed by atoms with van der Waals surface area (Å²) < 4.78 is 7.65. The van der Waals surface area contributed by atoms with E-state index < -0.39 is 0 Å². The van der Waals surface area contributed by atoms with Crippen LogP contribution < -0.4 is 15.4 Å². The van der Waals surface area contributed by atoms with E-state index in [2.05, 4.69) is 32.6 Å². The predicted molar refractivity (Wildman–Crippen MR) is 118 cm³/mol. The molecule has 0 radical (unpaired) electrons. The topological polar surface area (TPSA) is 76.4 Å². The van der Waals surface area contributed by atoms with Crippen molar-refractivity contribution in [2.24, 2.45) is 18.0 Å². The zero-order valence-corrected chi connectivity index (χ0v) is 18.8. The van der Waals surface area contributed by atoms with Crippen LogP contribution in [0.4, 0.5) is 0 Å². The number of pyridine rings is 1. The van der Waals surface area contributed by atoms with Crippen LogP contribution in [0.15, 0.2) is 23.3 Å². The Morgan fingerprint density at radius 2 is 2.04 bits per heavy atom. The summed E-state index contributed by atoms with van der Waals surface area (Å²) in [4.78, 5) is 8.57. The van der Waals surface area contributed by atoms with Gasteiger partial charge in [-0.25, -0.2) is 4.98 Å². The first-order valence-electron chi connectivity index (χ1n) is 9.08. The van der Waals surface area contributed by atoms with Gasteiger partial charge in [0.1, 0.15) is 0 Å². The van der Waals surface area contributed by atoms with Gasteiger partial charge in [0.15, 0.2) is 5.96 Å². The first kappa shape index (κ1) is 21.5. The van der Waals surface area contributed by atoms with Crippen molar-refractivity contribution in [1.82, 2.24) is 25.4 Å². The SMILES string of the molecule is CN=C(NCc1ccnc(OCC2CC2)c1)NCc1c(C)nn(C)c1C.I. The molecular weight excluding hydrogens is 455 g/mol. The molecule has 27 heavy (non-hydrogen) atoms. The molecule has 1 aliphatic rings. The van der Waals surface area contributed by atoms with Gasteiger partial charge in [-0.15, -0.1) is 24.0 Å². The summed E-state index contributed by atoms with van der Waals surface area (Å²) >= 11 is 0. The van der Waals surface area contributed by atoms with Crippen molar-refractivity contribution >= 4 is 29.9 Å². The third kappa shape index (κ3) is 6.08. The molecule has 2 aromatic rings. The number of aliphatic imine (C=N–C) groups is 1. The van der Waals surface area contributed by atoms with Crippen molar-refractivity contribution in [3.8, 4) is 5.88 Å². The number of nitrogens with zero attached hydrogens (tertiary/aromatic N) is 4.